The van der Waals surface area contributed by atoms with Gasteiger partial charge in [-0.1, -0.05) is 11.6 Å². The van der Waals surface area contributed by atoms with E-state index in [2.05, 4.69) is 0 Å². The van der Waals surface area contributed by atoms with Gasteiger partial charge in [0.2, 0.25) is 0 Å². The number of benzene rings is 1. The summed E-state index contributed by atoms with van der Waals surface area (Å²) in [5.74, 6) is -0.416. The molecule has 0 spiro atoms. The third kappa shape index (κ3) is 4.33. The zero-order valence-corrected chi connectivity index (χ0v) is 11.0. The lowest BCUT2D eigenvalue weighted by molar-refractivity contribution is 0.0506. The number of nitrogens with zero attached hydrogens (tertiary/aromatic N) is 1. The van der Waals surface area contributed by atoms with Crippen molar-refractivity contribution in [2.75, 3.05) is 26.8 Å². The first-order chi connectivity index (χ1) is 8.99. The molecule has 106 valence electrons. The van der Waals surface area contributed by atoms with Gasteiger partial charge in [-0.3, -0.25) is 4.79 Å². The molecule has 0 heterocycles. The number of amides is 1. The average Bonchev–Trinajstić information content (AvgIpc) is 2.37. The highest BCUT2D eigenvalue weighted by Crippen LogP contribution is 2.24. The molecule has 1 aromatic carbocycles. The lowest BCUT2D eigenvalue weighted by Gasteiger charge is -2.22. The largest absolute Gasteiger partial charge is 0.496 e. The number of carbonyl (C=O) groups is 1. The van der Waals surface area contributed by atoms with Crippen LogP contribution in [0.5, 0.6) is 5.75 Å². The molecule has 1 aromatic rings. The fourth-order valence-corrected chi connectivity index (χ4v) is 1.75. The smallest absolute Gasteiger partial charge is 0.257 e. The number of alkyl halides is 2. The summed E-state index contributed by atoms with van der Waals surface area (Å²) in [6.45, 7) is -1.34. The van der Waals surface area contributed by atoms with Crippen molar-refractivity contribution in [3.05, 3.63) is 28.8 Å². The Bertz CT molecular complexity index is 443. The SMILES string of the molecule is COc1ccc(Cl)cc1C(=O)N(CCO)CC(F)F. The van der Waals surface area contributed by atoms with Gasteiger partial charge in [-0.05, 0) is 18.2 Å². The summed E-state index contributed by atoms with van der Waals surface area (Å²) in [5.41, 5.74) is 0.0871. The van der Waals surface area contributed by atoms with Crippen LogP contribution in [0.25, 0.3) is 0 Å². The maximum atomic E-state index is 12.4. The van der Waals surface area contributed by atoms with E-state index in [9.17, 15) is 13.6 Å². The summed E-state index contributed by atoms with van der Waals surface area (Å²) in [6.07, 6.45) is -2.68. The van der Waals surface area contributed by atoms with Crippen LogP contribution < -0.4 is 4.74 Å². The van der Waals surface area contributed by atoms with E-state index in [0.717, 1.165) is 4.90 Å². The Morgan fingerprint density at radius 1 is 1.53 bits per heavy atom. The lowest BCUT2D eigenvalue weighted by atomic mass is 10.1. The Kier molecular flexibility index (Phi) is 5.98. The van der Waals surface area contributed by atoms with Gasteiger partial charge in [-0.25, -0.2) is 8.78 Å². The van der Waals surface area contributed by atoms with Crippen LogP contribution in [0, 0.1) is 0 Å². The number of methoxy groups -OCH3 is 1. The number of ether oxygens (including phenoxy) is 1. The third-order valence-electron chi connectivity index (χ3n) is 2.41. The molecule has 0 radical (unpaired) electrons. The number of hydrogen-bond acceptors (Lipinski definition) is 3. The fourth-order valence-electron chi connectivity index (χ4n) is 1.58. The van der Waals surface area contributed by atoms with Crippen molar-refractivity contribution in [1.29, 1.82) is 0 Å². The molecular weight excluding hydrogens is 280 g/mol. The average molecular weight is 294 g/mol. The highest BCUT2D eigenvalue weighted by atomic mass is 35.5. The number of aliphatic hydroxyl groups excluding tert-OH is 1. The number of aliphatic hydroxyl groups is 1. The maximum Gasteiger partial charge on any atom is 0.257 e. The van der Waals surface area contributed by atoms with Gasteiger partial charge >= 0.3 is 0 Å². The van der Waals surface area contributed by atoms with E-state index in [4.69, 9.17) is 21.4 Å². The zero-order chi connectivity index (χ0) is 14.4. The normalized spacial score (nSPS) is 10.6. The molecule has 0 aromatic heterocycles. The molecule has 0 saturated carbocycles. The summed E-state index contributed by atoms with van der Waals surface area (Å²) in [5, 5.41) is 9.13. The first kappa shape index (κ1) is 15.7. The Morgan fingerprint density at radius 2 is 2.21 bits per heavy atom. The molecule has 0 aliphatic heterocycles. The quantitative estimate of drug-likeness (QED) is 0.873. The molecule has 0 atom stereocenters. The lowest BCUT2D eigenvalue weighted by Crippen LogP contribution is -2.37. The molecule has 19 heavy (non-hydrogen) atoms. The molecule has 0 bridgehead atoms. The van der Waals surface area contributed by atoms with E-state index in [1.807, 2.05) is 0 Å². The maximum absolute atomic E-state index is 12.4. The van der Waals surface area contributed by atoms with Crippen LogP contribution in [0.3, 0.4) is 0 Å². The van der Waals surface area contributed by atoms with Crippen molar-refractivity contribution in [2.45, 2.75) is 6.43 Å². The topological polar surface area (TPSA) is 49.8 Å². The molecule has 0 aliphatic rings. The molecule has 0 saturated heterocycles. The zero-order valence-electron chi connectivity index (χ0n) is 10.3. The molecule has 1 N–H and O–H groups in total. The second kappa shape index (κ2) is 7.25. The van der Waals surface area contributed by atoms with Crippen LogP contribution in [0.4, 0.5) is 8.78 Å². The van der Waals surface area contributed by atoms with Gasteiger partial charge in [0, 0.05) is 11.6 Å². The van der Waals surface area contributed by atoms with Gasteiger partial charge in [-0.15, -0.1) is 0 Å². The second-order valence-electron chi connectivity index (χ2n) is 3.71. The van der Waals surface area contributed by atoms with Gasteiger partial charge in [0.15, 0.2) is 0 Å². The van der Waals surface area contributed by atoms with E-state index < -0.39 is 25.5 Å². The van der Waals surface area contributed by atoms with Crippen LogP contribution in [0.2, 0.25) is 5.02 Å². The minimum absolute atomic E-state index is 0.0871. The summed E-state index contributed by atoms with van der Waals surface area (Å²) >= 11 is 5.78. The first-order valence-electron chi connectivity index (χ1n) is 5.51. The summed E-state index contributed by atoms with van der Waals surface area (Å²) in [7, 11) is 1.36. The highest BCUT2D eigenvalue weighted by molar-refractivity contribution is 6.31. The predicted octanol–water partition coefficient (Wildman–Crippen LogP) is 2.05. The van der Waals surface area contributed by atoms with Crippen molar-refractivity contribution in [3.63, 3.8) is 0 Å². The number of rotatable bonds is 6. The van der Waals surface area contributed by atoms with Crippen molar-refractivity contribution < 1.29 is 23.4 Å². The van der Waals surface area contributed by atoms with Gasteiger partial charge in [0.25, 0.3) is 12.3 Å². The van der Waals surface area contributed by atoms with Crippen molar-refractivity contribution in [3.8, 4) is 5.75 Å². The monoisotopic (exact) mass is 293 g/mol. The summed E-state index contributed by atoms with van der Waals surface area (Å²) in [4.78, 5) is 13.0. The van der Waals surface area contributed by atoms with E-state index in [0.29, 0.717) is 5.02 Å². The number of halogens is 3. The van der Waals surface area contributed by atoms with E-state index in [1.165, 1.54) is 25.3 Å². The van der Waals surface area contributed by atoms with Crippen molar-refractivity contribution >= 4 is 17.5 Å². The van der Waals surface area contributed by atoms with E-state index in [-0.39, 0.29) is 17.9 Å². The Morgan fingerprint density at radius 3 is 2.74 bits per heavy atom. The molecule has 1 amide bonds. The second-order valence-corrected chi connectivity index (χ2v) is 4.15. The molecule has 0 unspecified atom stereocenters. The fraction of sp³-hybridized carbons (Fsp3) is 0.417. The van der Waals surface area contributed by atoms with Gasteiger partial charge in [-0.2, -0.15) is 0 Å². The van der Waals surface area contributed by atoms with Crippen LogP contribution in [-0.2, 0) is 0 Å². The highest BCUT2D eigenvalue weighted by Gasteiger charge is 2.22. The minimum atomic E-state index is -2.68. The van der Waals surface area contributed by atoms with Gasteiger partial charge < -0.3 is 14.7 Å². The number of carbonyl (C=O) groups excluding carboxylic acids is 1. The summed E-state index contributed by atoms with van der Waals surface area (Å²) in [6, 6.07) is 4.36. The third-order valence-corrected chi connectivity index (χ3v) is 2.64. The van der Waals surface area contributed by atoms with Crippen LogP contribution >= 0.6 is 11.6 Å². The molecule has 0 fully saturated rings. The standard InChI is InChI=1S/C12H14ClF2NO3/c1-19-10-3-2-8(13)6-9(10)12(18)16(4-5-17)7-11(14)15/h2-3,6,11,17H,4-5,7H2,1H3. The van der Waals surface area contributed by atoms with Crippen LogP contribution in [0.15, 0.2) is 18.2 Å². The molecule has 4 nitrogen and oxygen atoms in total. The Labute approximate surface area is 114 Å². The Hall–Kier alpha value is -1.40. The molecule has 1 rings (SSSR count). The van der Waals surface area contributed by atoms with E-state index >= 15 is 0 Å². The predicted molar refractivity (Wildman–Crippen MR) is 67.0 cm³/mol. The van der Waals surface area contributed by atoms with Crippen molar-refractivity contribution in [1.82, 2.24) is 4.90 Å². The van der Waals surface area contributed by atoms with Gasteiger partial charge in [0.05, 0.1) is 25.8 Å². The summed E-state index contributed by atoms with van der Waals surface area (Å²) < 4.78 is 29.8. The molecular formula is C12H14ClF2NO3. The van der Waals surface area contributed by atoms with Gasteiger partial charge in [0.1, 0.15) is 5.75 Å². The Balaban J connectivity index is 3.04. The number of hydrogen-bond donors (Lipinski definition) is 1. The van der Waals surface area contributed by atoms with E-state index in [1.54, 1.807) is 0 Å². The van der Waals surface area contributed by atoms with Crippen LogP contribution in [-0.4, -0.2) is 49.1 Å². The molecule has 0 aliphatic carbocycles. The minimum Gasteiger partial charge on any atom is -0.496 e. The van der Waals surface area contributed by atoms with Crippen LogP contribution in [0.1, 0.15) is 10.4 Å². The van der Waals surface area contributed by atoms with Crippen molar-refractivity contribution in [2.24, 2.45) is 0 Å². The molecule has 7 heteroatoms. The first-order valence-corrected chi connectivity index (χ1v) is 5.89.